The number of rotatable bonds is 1. The molecule has 0 fully saturated rings. The molecule has 0 spiro atoms. The third kappa shape index (κ3) is 0.967. The van der Waals surface area contributed by atoms with Crippen molar-refractivity contribution in [1.29, 1.82) is 1.28 Å². The van der Waals surface area contributed by atoms with Gasteiger partial charge in [0, 0.05) is 0 Å². The lowest BCUT2D eigenvalue weighted by atomic mass is 10.8. The molecule has 0 N–H and O–H groups in total. The van der Waals surface area contributed by atoms with Crippen molar-refractivity contribution in [2.24, 2.45) is 0 Å². The van der Waals surface area contributed by atoms with Gasteiger partial charge in [-0.05, 0) is 16.3 Å². The highest BCUT2D eigenvalue weighted by Crippen LogP contribution is 1.88. The Bertz CT molecular complexity index is 175. The van der Waals surface area contributed by atoms with Crippen LogP contribution in [0.1, 0.15) is 5.82 Å². The van der Waals surface area contributed by atoms with Gasteiger partial charge in [0.1, 0.15) is 12.2 Å². The van der Waals surface area contributed by atoms with E-state index in [0.29, 0.717) is 0 Å². The fourth-order valence-electron chi connectivity index (χ4n) is 0.346. The van der Waals surface area contributed by atoms with E-state index in [1.807, 2.05) is 0 Å². The van der Waals surface area contributed by atoms with Gasteiger partial charge in [0.2, 0.25) is 0 Å². The molecule has 0 aromatic carbocycles. The minimum Gasteiger partial charge on any atom is -0.238 e. The largest absolute Gasteiger partial charge is 0.238 e. The minimum absolute atomic E-state index is 0.0561. The summed E-state index contributed by atoms with van der Waals surface area (Å²) in [7, 11) is -0.0561. The van der Waals surface area contributed by atoms with Crippen LogP contribution in [0.15, 0.2) is 6.33 Å². The van der Waals surface area contributed by atoms with Crippen molar-refractivity contribution in [3.63, 3.8) is 0 Å². The van der Waals surface area contributed by atoms with Crippen LogP contribution in [0, 0.1) is 6.92 Å². The minimum atomic E-state index is -0.0561. The molecule has 0 aliphatic rings. The summed E-state index contributed by atoms with van der Waals surface area (Å²) in [6.07, 6.45) is 1.56. The molecule has 0 aliphatic heterocycles. The molecule has 1 rings (SSSR count). The van der Waals surface area contributed by atoms with Crippen molar-refractivity contribution in [2.45, 2.75) is 6.92 Å². The molecule has 0 radical (unpaired) electrons. The first-order chi connectivity index (χ1) is 3.83. The highest BCUT2D eigenvalue weighted by molar-refractivity contribution is 7.14. The Morgan fingerprint density at radius 3 is 3.29 bits per heavy atom. The topological polar surface area (TPSA) is 30.7 Å². The van der Waals surface area contributed by atoms with Crippen LogP contribution in [0.25, 0.3) is 0 Å². The zero-order valence-corrected chi connectivity index (χ0v) is 4.92. The van der Waals surface area contributed by atoms with Crippen LogP contribution in [0.4, 0.5) is 0 Å². The van der Waals surface area contributed by atoms with Crippen molar-refractivity contribution in [1.82, 2.24) is 14.5 Å². The average molecular weight is 117 g/mol. The summed E-state index contributed by atoms with van der Waals surface area (Å²) in [4.78, 5) is 3.83. The molecule has 1 atom stereocenters. The zero-order valence-electron chi connectivity index (χ0n) is 4.92. The van der Waals surface area contributed by atoms with Gasteiger partial charge in [-0.15, -0.1) is 0 Å². The standard InChI is InChI=1S/C3H6N3P/c1-3-4-2-6(7)5-3/h2H,7H2,1H3/i7T. The summed E-state index contributed by atoms with van der Waals surface area (Å²) in [5.74, 6) is 0.727. The molecule has 1 aromatic rings. The number of hydrogen-bond acceptors (Lipinski definition) is 2. The third-order valence-electron chi connectivity index (χ3n) is 0.606. The Hall–Kier alpha value is -0.430. The van der Waals surface area contributed by atoms with Crippen molar-refractivity contribution < 1.29 is 0 Å². The van der Waals surface area contributed by atoms with Crippen LogP contribution in [-0.4, -0.2) is 15.8 Å². The van der Waals surface area contributed by atoms with E-state index in [1.165, 1.54) is 4.45 Å². The quantitative estimate of drug-likeness (QED) is 0.493. The molecule has 1 aromatic heterocycles. The lowest BCUT2D eigenvalue weighted by Crippen LogP contribution is -1.77. The van der Waals surface area contributed by atoms with E-state index in [0.717, 1.165) is 5.82 Å². The highest BCUT2D eigenvalue weighted by atomic mass is 31.0. The van der Waals surface area contributed by atoms with Gasteiger partial charge in [0.25, 0.3) is 0 Å². The van der Waals surface area contributed by atoms with Gasteiger partial charge in [-0.2, -0.15) is 5.10 Å². The van der Waals surface area contributed by atoms with Crippen molar-refractivity contribution in [3.05, 3.63) is 12.2 Å². The van der Waals surface area contributed by atoms with E-state index in [4.69, 9.17) is 1.28 Å². The molecule has 0 saturated heterocycles. The fourth-order valence-corrected chi connectivity index (χ4v) is 0.548. The van der Waals surface area contributed by atoms with E-state index in [-0.39, 0.29) is 9.34 Å². The second-order valence-corrected chi connectivity index (χ2v) is 1.69. The van der Waals surface area contributed by atoms with Crippen LogP contribution >= 0.6 is 9.34 Å². The Morgan fingerprint density at radius 2 is 3.00 bits per heavy atom. The van der Waals surface area contributed by atoms with Gasteiger partial charge >= 0.3 is 0 Å². The molecule has 4 heteroatoms. The van der Waals surface area contributed by atoms with E-state index in [1.54, 1.807) is 13.3 Å². The monoisotopic (exact) mass is 117 g/mol. The summed E-state index contributed by atoms with van der Waals surface area (Å²) in [5.41, 5.74) is 0. The fraction of sp³-hybridized carbons (Fsp3) is 0.333. The van der Waals surface area contributed by atoms with Crippen LogP contribution in [0.3, 0.4) is 0 Å². The number of aryl methyl sites for hydroxylation is 1. The molecule has 1 unspecified atom stereocenters. The lowest BCUT2D eigenvalue weighted by Gasteiger charge is -1.76. The smallest absolute Gasteiger partial charge is 0.147 e. The maximum absolute atomic E-state index is 6.85. The van der Waals surface area contributed by atoms with Crippen LogP contribution in [-0.2, 0) is 0 Å². The Balaban J connectivity index is 2.84. The van der Waals surface area contributed by atoms with Gasteiger partial charge in [0.15, 0.2) is 0 Å². The second-order valence-electron chi connectivity index (χ2n) is 1.24. The van der Waals surface area contributed by atoms with Gasteiger partial charge in [-0.1, -0.05) is 0 Å². The third-order valence-corrected chi connectivity index (χ3v) is 0.822. The zero-order chi connectivity index (χ0) is 5.98. The SMILES string of the molecule is [3H]Pn1cnc(C)n1. The predicted octanol–water partition coefficient (Wildman–Crippen LogP) is 0.225. The molecule has 0 aliphatic carbocycles. The molecule has 3 nitrogen and oxygen atoms in total. The molecular weight excluding hydrogens is 109 g/mol. The lowest BCUT2D eigenvalue weighted by molar-refractivity contribution is 0.977. The van der Waals surface area contributed by atoms with E-state index in [2.05, 4.69) is 10.1 Å². The summed E-state index contributed by atoms with van der Waals surface area (Å²) in [6, 6.07) is 0. The Morgan fingerprint density at radius 1 is 2.14 bits per heavy atom. The van der Waals surface area contributed by atoms with Crippen LogP contribution in [0.2, 0.25) is 0 Å². The Kier molecular flexibility index (Phi) is 0.805. The van der Waals surface area contributed by atoms with Gasteiger partial charge in [-0.3, -0.25) is 0 Å². The van der Waals surface area contributed by atoms with E-state index in [9.17, 15) is 0 Å². The summed E-state index contributed by atoms with van der Waals surface area (Å²) in [5, 5.41) is 3.86. The first-order valence-electron chi connectivity index (χ1n) is 2.39. The number of nitrogens with zero attached hydrogens (tertiary/aromatic N) is 3. The van der Waals surface area contributed by atoms with E-state index < -0.39 is 0 Å². The summed E-state index contributed by atoms with van der Waals surface area (Å²) < 4.78 is 8.34. The molecule has 7 heavy (non-hydrogen) atoms. The second kappa shape index (κ2) is 1.58. The first-order valence-corrected chi connectivity index (χ1v) is 2.33. The average Bonchev–Trinajstić information content (AvgIpc) is 2.14. The molecule has 0 amide bonds. The first kappa shape index (κ1) is 3.56. The number of hydrogen-bond donors (Lipinski definition) is 0. The molecule has 38 valence electrons. The molecule has 0 bridgehead atoms. The van der Waals surface area contributed by atoms with Crippen LogP contribution in [0.5, 0.6) is 0 Å². The highest BCUT2D eigenvalue weighted by Gasteiger charge is 1.83. The maximum atomic E-state index is 6.85. The molecule has 0 saturated carbocycles. The molecular formula is C3H6N3P. The Labute approximate surface area is 45.3 Å². The van der Waals surface area contributed by atoms with E-state index >= 15 is 0 Å². The van der Waals surface area contributed by atoms with Gasteiger partial charge < -0.3 is 0 Å². The summed E-state index contributed by atoms with van der Waals surface area (Å²) in [6.45, 7) is 1.80. The van der Waals surface area contributed by atoms with Crippen molar-refractivity contribution in [2.75, 3.05) is 0 Å². The van der Waals surface area contributed by atoms with Crippen LogP contribution < -0.4 is 0 Å². The summed E-state index contributed by atoms with van der Waals surface area (Å²) >= 11 is 0. The normalized spacial score (nSPS) is 13.0. The molecule has 1 heterocycles. The predicted molar refractivity (Wildman–Crippen MR) is 29.9 cm³/mol. The number of aromatic nitrogens is 3. The van der Waals surface area contributed by atoms with Crippen molar-refractivity contribution >= 4 is 9.34 Å². The van der Waals surface area contributed by atoms with Crippen molar-refractivity contribution in [3.8, 4) is 0 Å². The maximum Gasteiger partial charge on any atom is 0.147 e. The van der Waals surface area contributed by atoms with Gasteiger partial charge in [0.05, 0.1) is 1.28 Å². The van der Waals surface area contributed by atoms with Gasteiger partial charge in [-0.25, -0.2) is 9.44 Å².